The smallest absolute Gasteiger partial charge is 0.435 e. The highest BCUT2D eigenvalue weighted by molar-refractivity contribution is 5.79. The van der Waals surface area contributed by atoms with E-state index in [1.54, 1.807) is 6.34 Å². The summed E-state index contributed by atoms with van der Waals surface area (Å²) in [5, 5.41) is 2.66. The number of hydrogen-bond donors (Lipinski definition) is 1. The molecule has 0 atom stereocenters. The number of anilines is 2. The number of hydrogen-bond acceptors (Lipinski definition) is 4. The van der Waals surface area contributed by atoms with Crippen LogP contribution in [0.5, 0.6) is 0 Å². The Morgan fingerprint density at radius 2 is 1.92 bits per heavy atom. The summed E-state index contributed by atoms with van der Waals surface area (Å²) in [5.74, 6) is 0. The lowest BCUT2D eigenvalue weighted by Gasteiger charge is -2.35. The van der Waals surface area contributed by atoms with Crippen LogP contribution in [0, 0.1) is 6.92 Å². The van der Waals surface area contributed by atoms with E-state index in [2.05, 4.69) is 15.2 Å². The van der Waals surface area contributed by atoms with Crippen molar-refractivity contribution in [2.75, 3.05) is 36.4 Å². The summed E-state index contributed by atoms with van der Waals surface area (Å²) in [5.41, 5.74) is 2.53. The van der Waals surface area contributed by atoms with Crippen LogP contribution >= 0.6 is 0 Å². The first-order valence-electron chi connectivity index (χ1n) is 8.35. The molecule has 1 heterocycles. The van der Waals surface area contributed by atoms with E-state index in [1.807, 2.05) is 50.8 Å². The van der Waals surface area contributed by atoms with Crippen LogP contribution in [0.4, 0.5) is 16.2 Å². The van der Waals surface area contributed by atoms with Crippen molar-refractivity contribution in [3.63, 3.8) is 0 Å². The van der Waals surface area contributed by atoms with Crippen LogP contribution in [0.15, 0.2) is 23.2 Å². The Labute approximate surface area is 148 Å². The van der Waals surface area contributed by atoms with Gasteiger partial charge in [-0.25, -0.2) is 4.79 Å². The lowest BCUT2D eigenvalue weighted by Crippen LogP contribution is -2.46. The van der Waals surface area contributed by atoms with Gasteiger partial charge in [-0.1, -0.05) is 0 Å². The van der Waals surface area contributed by atoms with Gasteiger partial charge in [-0.2, -0.15) is 4.99 Å². The van der Waals surface area contributed by atoms with Crippen molar-refractivity contribution in [1.29, 1.82) is 0 Å². The van der Waals surface area contributed by atoms with Crippen molar-refractivity contribution >= 4 is 30.2 Å². The summed E-state index contributed by atoms with van der Waals surface area (Å²) in [6.07, 6.45) is 1.68. The highest BCUT2D eigenvalue weighted by Gasteiger charge is 2.18. The molecular weight excluding hydrogens is 320 g/mol. The molecule has 0 radical (unpaired) electrons. The second kappa shape index (κ2) is 8.00. The summed E-state index contributed by atoms with van der Waals surface area (Å²) < 4.78 is 5.16. The molecule has 1 aromatic carbocycles. The third-order valence-electron chi connectivity index (χ3n) is 3.80. The van der Waals surface area contributed by atoms with Gasteiger partial charge < -0.3 is 19.9 Å². The first kappa shape index (κ1) is 18.8. The zero-order valence-corrected chi connectivity index (χ0v) is 15.3. The van der Waals surface area contributed by atoms with E-state index < -0.39 is 11.7 Å². The van der Waals surface area contributed by atoms with Gasteiger partial charge in [-0.15, -0.1) is 0 Å². The van der Waals surface area contributed by atoms with E-state index in [4.69, 9.17) is 4.74 Å². The molecule has 0 saturated carbocycles. The molecule has 7 heteroatoms. The topological polar surface area (TPSA) is 74.2 Å². The number of benzene rings is 1. The monoisotopic (exact) mass is 346 g/mol. The minimum Gasteiger partial charge on any atom is -0.442 e. The van der Waals surface area contributed by atoms with Gasteiger partial charge in [-0.3, -0.25) is 4.79 Å². The molecule has 1 aromatic rings. The summed E-state index contributed by atoms with van der Waals surface area (Å²) in [4.78, 5) is 30.3. The third-order valence-corrected chi connectivity index (χ3v) is 3.80. The van der Waals surface area contributed by atoms with E-state index in [0.717, 1.165) is 43.1 Å². The molecule has 1 aliphatic heterocycles. The van der Waals surface area contributed by atoms with Gasteiger partial charge in [0, 0.05) is 37.6 Å². The predicted molar refractivity (Wildman–Crippen MR) is 99.4 cm³/mol. The van der Waals surface area contributed by atoms with Gasteiger partial charge in [0.25, 0.3) is 0 Å². The fourth-order valence-corrected chi connectivity index (χ4v) is 2.66. The van der Waals surface area contributed by atoms with E-state index in [0.29, 0.717) is 6.41 Å². The van der Waals surface area contributed by atoms with Crippen molar-refractivity contribution in [2.24, 2.45) is 4.99 Å². The van der Waals surface area contributed by atoms with Crippen LogP contribution in [-0.4, -0.2) is 55.5 Å². The molecule has 1 fully saturated rings. The fourth-order valence-electron chi connectivity index (χ4n) is 2.66. The standard InChI is InChI=1S/C18H26N4O3/c1-14-11-15(20-13-23)5-6-16(14)22-9-7-21(8-10-22)12-19-17(24)25-18(2,3)4/h5-6,11-13H,7-10H2,1-4H3,(H,20,23)/b19-12+. The molecule has 1 aliphatic rings. The molecule has 136 valence electrons. The van der Waals surface area contributed by atoms with E-state index in [1.165, 1.54) is 0 Å². The zero-order valence-electron chi connectivity index (χ0n) is 15.3. The van der Waals surface area contributed by atoms with Crippen LogP contribution < -0.4 is 10.2 Å². The Hall–Kier alpha value is -2.57. The number of amides is 2. The van der Waals surface area contributed by atoms with Gasteiger partial charge in [-0.05, 0) is 51.5 Å². The first-order valence-corrected chi connectivity index (χ1v) is 8.35. The molecule has 25 heavy (non-hydrogen) atoms. The van der Waals surface area contributed by atoms with Crippen molar-refractivity contribution in [1.82, 2.24) is 4.90 Å². The summed E-state index contributed by atoms with van der Waals surface area (Å²) in [6.45, 7) is 10.7. The van der Waals surface area contributed by atoms with Crippen LogP contribution in [-0.2, 0) is 9.53 Å². The Balaban J connectivity index is 1.89. The molecule has 7 nitrogen and oxygen atoms in total. The number of aryl methyl sites for hydroxylation is 1. The number of nitrogens with one attached hydrogen (secondary N) is 1. The number of ether oxygens (including phenoxy) is 1. The number of nitrogens with zero attached hydrogens (tertiary/aromatic N) is 3. The van der Waals surface area contributed by atoms with Gasteiger partial charge in [0.15, 0.2) is 0 Å². The van der Waals surface area contributed by atoms with Crippen molar-refractivity contribution in [2.45, 2.75) is 33.3 Å². The number of carbonyl (C=O) groups excluding carboxylic acids is 2. The Kier molecular flexibility index (Phi) is 6.01. The highest BCUT2D eigenvalue weighted by atomic mass is 16.6. The van der Waals surface area contributed by atoms with Crippen molar-refractivity contribution in [3.8, 4) is 0 Å². The predicted octanol–water partition coefficient (Wildman–Crippen LogP) is 2.65. The number of piperazine rings is 1. The van der Waals surface area contributed by atoms with E-state index in [-0.39, 0.29) is 0 Å². The minimum absolute atomic E-state index is 0.532. The number of aliphatic imine (C=N–C) groups is 1. The normalized spacial score (nSPS) is 15.4. The molecule has 0 bridgehead atoms. The van der Waals surface area contributed by atoms with Crippen molar-refractivity contribution < 1.29 is 14.3 Å². The van der Waals surface area contributed by atoms with E-state index >= 15 is 0 Å². The zero-order chi connectivity index (χ0) is 18.4. The minimum atomic E-state index is -0.566. The third kappa shape index (κ3) is 5.77. The maximum Gasteiger partial charge on any atom is 0.435 e. The largest absolute Gasteiger partial charge is 0.442 e. The molecule has 1 saturated heterocycles. The molecular formula is C18H26N4O3. The molecule has 0 unspecified atom stereocenters. The van der Waals surface area contributed by atoms with Gasteiger partial charge in [0.2, 0.25) is 6.41 Å². The molecule has 2 rings (SSSR count). The Bertz CT molecular complexity index is 644. The van der Waals surface area contributed by atoms with Crippen LogP contribution in [0.2, 0.25) is 0 Å². The van der Waals surface area contributed by atoms with Crippen LogP contribution in [0.3, 0.4) is 0 Å². The molecule has 2 amide bonds. The fraction of sp³-hybridized carbons (Fsp3) is 0.500. The average Bonchev–Trinajstić information content (AvgIpc) is 2.52. The lowest BCUT2D eigenvalue weighted by molar-refractivity contribution is -0.105. The Morgan fingerprint density at radius 3 is 2.48 bits per heavy atom. The second-order valence-corrected chi connectivity index (χ2v) is 7.01. The molecule has 1 N–H and O–H groups in total. The maximum absolute atomic E-state index is 11.6. The SMILES string of the molecule is Cc1cc(NC=O)ccc1N1CCN(/C=N/C(=O)OC(C)(C)C)CC1. The number of rotatable bonds is 4. The first-order chi connectivity index (χ1) is 11.8. The number of carbonyl (C=O) groups is 2. The van der Waals surface area contributed by atoms with Crippen LogP contribution in [0.25, 0.3) is 0 Å². The summed E-state index contributed by atoms with van der Waals surface area (Å²) in [7, 11) is 0. The van der Waals surface area contributed by atoms with Crippen LogP contribution in [0.1, 0.15) is 26.3 Å². The average molecular weight is 346 g/mol. The molecule has 0 spiro atoms. The highest BCUT2D eigenvalue weighted by Crippen LogP contribution is 2.24. The molecule has 0 aromatic heterocycles. The van der Waals surface area contributed by atoms with Gasteiger partial charge in [0.05, 0.1) is 6.34 Å². The lowest BCUT2D eigenvalue weighted by atomic mass is 10.1. The van der Waals surface area contributed by atoms with E-state index in [9.17, 15) is 9.59 Å². The quantitative estimate of drug-likeness (QED) is 0.515. The molecule has 0 aliphatic carbocycles. The summed E-state index contributed by atoms with van der Waals surface area (Å²) in [6, 6.07) is 5.87. The Morgan fingerprint density at radius 1 is 1.24 bits per heavy atom. The van der Waals surface area contributed by atoms with Gasteiger partial charge >= 0.3 is 6.09 Å². The maximum atomic E-state index is 11.6. The second-order valence-electron chi connectivity index (χ2n) is 7.01. The van der Waals surface area contributed by atoms with Gasteiger partial charge in [0.1, 0.15) is 5.60 Å². The summed E-state index contributed by atoms with van der Waals surface area (Å²) >= 11 is 0. The van der Waals surface area contributed by atoms with Crippen molar-refractivity contribution in [3.05, 3.63) is 23.8 Å².